The summed E-state index contributed by atoms with van der Waals surface area (Å²) in [4.78, 5) is 20.9. The van der Waals surface area contributed by atoms with Crippen molar-refractivity contribution in [3.05, 3.63) is 69.3 Å². The van der Waals surface area contributed by atoms with E-state index in [4.69, 9.17) is 16.3 Å². The fourth-order valence-electron chi connectivity index (χ4n) is 2.70. The van der Waals surface area contributed by atoms with Gasteiger partial charge in [0.25, 0.3) is 5.56 Å². The second kappa shape index (κ2) is 6.35. The number of aromatic nitrogens is 2. The van der Waals surface area contributed by atoms with Gasteiger partial charge in [0.15, 0.2) is 0 Å². The Balaban J connectivity index is 1.87. The van der Waals surface area contributed by atoms with Gasteiger partial charge in [0.05, 0.1) is 12.5 Å². The molecule has 2 aromatic heterocycles. The third kappa shape index (κ3) is 2.92. The van der Waals surface area contributed by atoms with Crippen molar-refractivity contribution in [2.24, 2.45) is 0 Å². The van der Waals surface area contributed by atoms with Crippen LogP contribution in [0.3, 0.4) is 0 Å². The molecule has 4 aromatic rings. The first-order valence-electron chi connectivity index (χ1n) is 7.57. The average Bonchev–Trinajstić information content (AvgIpc) is 3.07. The highest BCUT2D eigenvalue weighted by Crippen LogP contribution is 2.33. The molecule has 0 bridgehead atoms. The summed E-state index contributed by atoms with van der Waals surface area (Å²) in [6.07, 6.45) is 0. The molecule has 4 rings (SSSR count). The van der Waals surface area contributed by atoms with Crippen LogP contribution in [0.4, 0.5) is 0 Å². The van der Waals surface area contributed by atoms with Crippen molar-refractivity contribution >= 4 is 33.2 Å². The van der Waals surface area contributed by atoms with E-state index < -0.39 is 0 Å². The van der Waals surface area contributed by atoms with Crippen LogP contribution >= 0.6 is 22.9 Å². The minimum Gasteiger partial charge on any atom is -0.497 e. The molecular weight excluding hydrogens is 356 g/mol. The van der Waals surface area contributed by atoms with Crippen molar-refractivity contribution in [1.82, 2.24) is 9.97 Å². The number of aromatic amines is 1. The third-order valence-electron chi connectivity index (χ3n) is 3.94. The van der Waals surface area contributed by atoms with E-state index in [9.17, 15) is 4.79 Å². The molecule has 25 heavy (non-hydrogen) atoms. The molecule has 0 saturated carbocycles. The smallest absolute Gasteiger partial charge is 0.260 e. The van der Waals surface area contributed by atoms with Gasteiger partial charge in [-0.2, -0.15) is 0 Å². The van der Waals surface area contributed by atoms with Crippen molar-refractivity contribution in [2.45, 2.75) is 0 Å². The Hall–Kier alpha value is -2.63. The summed E-state index contributed by atoms with van der Waals surface area (Å²) in [5.74, 6) is 1.28. The van der Waals surface area contributed by atoms with Gasteiger partial charge in [-0.3, -0.25) is 4.79 Å². The van der Waals surface area contributed by atoms with Gasteiger partial charge < -0.3 is 9.72 Å². The van der Waals surface area contributed by atoms with Crippen molar-refractivity contribution < 1.29 is 4.74 Å². The number of halogens is 1. The molecule has 0 spiro atoms. The van der Waals surface area contributed by atoms with E-state index in [2.05, 4.69) is 9.97 Å². The summed E-state index contributed by atoms with van der Waals surface area (Å²) in [5.41, 5.74) is 2.45. The van der Waals surface area contributed by atoms with E-state index in [0.29, 0.717) is 21.1 Å². The van der Waals surface area contributed by atoms with Crippen LogP contribution in [0.2, 0.25) is 5.02 Å². The van der Waals surface area contributed by atoms with Crippen molar-refractivity contribution in [3.8, 4) is 28.3 Å². The molecule has 0 amide bonds. The number of hydrogen-bond donors (Lipinski definition) is 1. The number of rotatable bonds is 3. The summed E-state index contributed by atoms with van der Waals surface area (Å²) in [5, 5.41) is 3.19. The first kappa shape index (κ1) is 15.9. The van der Waals surface area contributed by atoms with E-state index in [1.807, 2.05) is 41.8 Å². The predicted octanol–water partition coefficient (Wildman–Crippen LogP) is 4.98. The molecule has 0 unspecified atom stereocenters. The van der Waals surface area contributed by atoms with Gasteiger partial charge in [-0.1, -0.05) is 23.7 Å². The number of nitrogens with one attached hydrogen (secondary N) is 1. The van der Waals surface area contributed by atoms with E-state index in [-0.39, 0.29) is 5.56 Å². The molecule has 0 atom stereocenters. The van der Waals surface area contributed by atoms with Crippen molar-refractivity contribution in [1.29, 1.82) is 0 Å². The molecule has 1 N–H and O–H groups in total. The Morgan fingerprint density at radius 1 is 1.12 bits per heavy atom. The summed E-state index contributed by atoms with van der Waals surface area (Å²) < 4.78 is 5.27. The number of nitrogens with zero attached hydrogens (tertiary/aromatic N) is 1. The van der Waals surface area contributed by atoms with E-state index in [0.717, 1.165) is 22.4 Å². The second-order valence-corrected chi connectivity index (χ2v) is 6.78. The van der Waals surface area contributed by atoms with Crippen LogP contribution in [0.1, 0.15) is 0 Å². The number of methoxy groups -OCH3 is 1. The van der Waals surface area contributed by atoms with Crippen LogP contribution in [-0.2, 0) is 0 Å². The first-order chi connectivity index (χ1) is 12.2. The molecular formula is C19H13ClN2O2S. The zero-order valence-corrected chi connectivity index (χ0v) is 14.8. The molecule has 0 aliphatic rings. The quantitative estimate of drug-likeness (QED) is 0.554. The lowest BCUT2D eigenvalue weighted by Crippen LogP contribution is -2.09. The van der Waals surface area contributed by atoms with Crippen LogP contribution in [0.15, 0.2) is 58.7 Å². The lowest BCUT2D eigenvalue weighted by molar-refractivity contribution is 0.415. The predicted molar refractivity (Wildman–Crippen MR) is 103 cm³/mol. The largest absolute Gasteiger partial charge is 0.497 e. The Kier molecular flexibility index (Phi) is 4.03. The van der Waals surface area contributed by atoms with Gasteiger partial charge in [-0.15, -0.1) is 11.3 Å². The van der Waals surface area contributed by atoms with E-state index >= 15 is 0 Å². The molecule has 0 aliphatic heterocycles. The van der Waals surface area contributed by atoms with Crippen LogP contribution in [0.25, 0.3) is 32.7 Å². The number of ether oxygens (including phenoxy) is 1. The van der Waals surface area contributed by atoms with Crippen LogP contribution < -0.4 is 10.3 Å². The minimum atomic E-state index is -0.158. The molecule has 2 heterocycles. The maximum atomic E-state index is 12.7. The normalized spacial score (nSPS) is 11.0. The minimum absolute atomic E-state index is 0.158. The van der Waals surface area contributed by atoms with Gasteiger partial charge in [0.1, 0.15) is 16.4 Å². The average molecular weight is 369 g/mol. The van der Waals surface area contributed by atoms with Gasteiger partial charge in [-0.05, 0) is 42.0 Å². The SMILES string of the molecule is COc1cccc(-c2csc3nc(-c4ccc(Cl)cc4)[nH]c(=O)c23)c1. The van der Waals surface area contributed by atoms with E-state index in [1.54, 1.807) is 19.2 Å². The van der Waals surface area contributed by atoms with Gasteiger partial charge in [0.2, 0.25) is 0 Å². The molecule has 0 radical (unpaired) electrons. The summed E-state index contributed by atoms with van der Waals surface area (Å²) in [6.45, 7) is 0. The highest BCUT2D eigenvalue weighted by molar-refractivity contribution is 7.17. The monoisotopic (exact) mass is 368 g/mol. The summed E-state index contributed by atoms with van der Waals surface area (Å²) >= 11 is 7.37. The standard InChI is InChI=1S/C19H13ClN2O2S/c1-24-14-4-2-3-12(9-14)15-10-25-19-16(15)18(23)21-17(22-19)11-5-7-13(20)8-6-11/h2-10H,1H3,(H,21,22,23). The molecule has 0 saturated heterocycles. The van der Waals surface area contributed by atoms with Gasteiger partial charge >= 0.3 is 0 Å². The van der Waals surface area contributed by atoms with Crippen molar-refractivity contribution in [2.75, 3.05) is 7.11 Å². The molecule has 6 heteroatoms. The first-order valence-corrected chi connectivity index (χ1v) is 8.83. The highest BCUT2D eigenvalue weighted by Gasteiger charge is 2.14. The topological polar surface area (TPSA) is 55.0 Å². The zero-order chi connectivity index (χ0) is 17.4. The fraction of sp³-hybridized carbons (Fsp3) is 0.0526. The Bertz CT molecular complexity index is 1120. The van der Waals surface area contributed by atoms with Crippen LogP contribution in [0.5, 0.6) is 5.75 Å². The third-order valence-corrected chi connectivity index (χ3v) is 5.07. The number of H-pyrrole nitrogens is 1. The van der Waals surface area contributed by atoms with Crippen LogP contribution in [0, 0.1) is 0 Å². The maximum Gasteiger partial charge on any atom is 0.260 e. The highest BCUT2D eigenvalue weighted by atomic mass is 35.5. The van der Waals surface area contributed by atoms with Crippen molar-refractivity contribution in [3.63, 3.8) is 0 Å². The lowest BCUT2D eigenvalue weighted by atomic mass is 10.1. The Morgan fingerprint density at radius 3 is 2.68 bits per heavy atom. The molecule has 0 aliphatic carbocycles. The molecule has 124 valence electrons. The Morgan fingerprint density at radius 2 is 1.92 bits per heavy atom. The number of fused-ring (bicyclic) bond motifs is 1. The fourth-order valence-corrected chi connectivity index (χ4v) is 3.77. The van der Waals surface area contributed by atoms with E-state index in [1.165, 1.54) is 11.3 Å². The van der Waals surface area contributed by atoms with Crippen LogP contribution in [-0.4, -0.2) is 17.1 Å². The molecule has 4 nitrogen and oxygen atoms in total. The Labute approximate surface area is 152 Å². The summed E-state index contributed by atoms with van der Waals surface area (Å²) in [6, 6.07) is 14.9. The van der Waals surface area contributed by atoms with Gasteiger partial charge in [-0.25, -0.2) is 4.98 Å². The molecule has 2 aromatic carbocycles. The zero-order valence-electron chi connectivity index (χ0n) is 13.2. The number of hydrogen-bond acceptors (Lipinski definition) is 4. The number of thiophene rings is 1. The number of benzene rings is 2. The van der Waals surface area contributed by atoms with Gasteiger partial charge in [0, 0.05) is 21.5 Å². The molecule has 0 fully saturated rings. The lowest BCUT2D eigenvalue weighted by Gasteiger charge is -2.04. The second-order valence-electron chi connectivity index (χ2n) is 5.48. The maximum absolute atomic E-state index is 12.7. The summed E-state index contributed by atoms with van der Waals surface area (Å²) in [7, 11) is 1.62.